The van der Waals surface area contributed by atoms with Gasteiger partial charge in [-0.2, -0.15) is 0 Å². The molecular weight excluding hydrogens is 240 g/mol. The van der Waals surface area contributed by atoms with E-state index in [0.717, 1.165) is 11.4 Å². The normalized spacial score (nSPS) is 10.3. The summed E-state index contributed by atoms with van der Waals surface area (Å²) in [6.45, 7) is 1.87. The van der Waals surface area contributed by atoms with Crippen LogP contribution in [0.4, 0.5) is 0 Å². The maximum atomic E-state index is 11.6. The second kappa shape index (κ2) is 7.33. The monoisotopic (exact) mass is 258 g/mol. The van der Waals surface area contributed by atoms with Gasteiger partial charge in [-0.05, 0) is 5.56 Å². The van der Waals surface area contributed by atoms with Crippen LogP contribution in [-0.2, 0) is 17.9 Å². The van der Waals surface area contributed by atoms with E-state index >= 15 is 0 Å². The molecule has 1 aromatic heterocycles. The van der Waals surface area contributed by atoms with Crippen LogP contribution in [-0.4, -0.2) is 22.4 Å². The van der Waals surface area contributed by atoms with Crippen molar-refractivity contribution in [2.24, 2.45) is 0 Å². The van der Waals surface area contributed by atoms with Gasteiger partial charge in [-0.25, -0.2) is 4.98 Å². The third-order valence-corrected chi connectivity index (χ3v) is 2.71. The topological polar surface area (TPSA) is 69.8 Å². The predicted molar refractivity (Wildman–Crippen MR) is 73.2 cm³/mol. The fourth-order valence-electron chi connectivity index (χ4n) is 1.69. The van der Waals surface area contributed by atoms with E-state index in [9.17, 15) is 4.79 Å². The van der Waals surface area contributed by atoms with Gasteiger partial charge in [-0.15, -0.1) is 0 Å². The molecule has 0 aliphatic heterocycles. The Balaban J connectivity index is 1.57. The average molecular weight is 258 g/mol. The largest absolute Gasteiger partial charge is 0.352 e. The van der Waals surface area contributed by atoms with E-state index < -0.39 is 0 Å². The van der Waals surface area contributed by atoms with Crippen molar-refractivity contribution in [3.05, 3.63) is 54.1 Å². The van der Waals surface area contributed by atoms with Gasteiger partial charge in [0.2, 0.25) is 5.91 Å². The summed E-state index contributed by atoms with van der Waals surface area (Å²) in [6, 6.07) is 9.88. The molecule has 0 saturated heterocycles. The van der Waals surface area contributed by atoms with Gasteiger partial charge in [-0.1, -0.05) is 30.3 Å². The number of H-pyrrole nitrogens is 1. The number of amides is 1. The Hall–Kier alpha value is -2.14. The van der Waals surface area contributed by atoms with Gasteiger partial charge in [0.15, 0.2) is 0 Å². The van der Waals surface area contributed by atoms with Crippen molar-refractivity contribution in [2.75, 3.05) is 6.54 Å². The van der Waals surface area contributed by atoms with Crippen molar-refractivity contribution in [1.82, 2.24) is 20.6 Å². The zero-order valence-electron chi connectivity index (χ0n) is 10.7. The van der Waals surface area contributed by atoms with E-state index in [0.29, 0.717) is 26.1 Å². The van der Waals surface area contributed by atoms with Crippen molar-refractivity contribution in [3.63, 3.8) is 0 Å². The Kier molecular flexibility index (Phi) is 5.13. The fraction of sp³-hybridized carbons (Fsp3) is 0.286. The summed E-state index contributed by atoms with van der Waals surface area (Å²) in [5, 5.41) is 6.05. The molecule has 5 heteroatoms. The van der Waals surface area contributed by atoms with Crippen LogP contribution in [0.2, 0.25) is 0 Å². The number of benzene rings is 1. The van der Waals surface area contributed by atoms with Gasteiger partial charge in [0.25, 0.3) is 0 Å². The number of imidazole rings is 1. The Morgan fingerprint density at radius 1 is 1.21 bits per heavy atom. The molecule has 0 atom stereocenters. The molecule has 19 heavy (non-hydrogen) atoms. The molecule has 2 rings (SSSR count). The number of carbonyl (C=O) groups is 1. The van der Waals surface area contributed by atoms with Crippen molar-refractivity contribution in [2.45, 2.75) is 19.5 Å². The molecule has 1 aromatic carbocycles. The first kappa shape index (κ1) is 13.3. The quantitative estimate of drug-likeness (QED) is 0.654. The first-order valence-corrected chi connectivity index (χ1v) is 6.34. The van der Waals surface area contributed by atoms with Crippen LogP contribution < -0.4 is 10.6 Å². The second-order valence-electron chi connectivity index (χ2n) is 4.22. The van der Waals surface area contributed by atoms with Crippen molar-refractivity contribution < 1.29 is 4.79 Å². The maximum absolute atomic E-state index is 11.6. The summed E-state index contributed by atoms with van der Waals surface area (Å²) in [5.74, 6) is 0.931. The van der Waals surface area contributed by atoms with Gasteiger partial charge >= 0.3 is 0 Å². The minimum atomic E-state index is 0.0517. The molecule has 0 aliphatic rings. The van der Waals surface area contributed by atoms with Gasteiger partial charge in [-0.3, -0.25) is 4.79 Å². The molecule has 0 fully saturated rings. The smallest absolute Gasteiger partial charge is 0.221 e. The molecule has 5 nitrogen and oxygen atoms in total. The SMILES string of the molecule is O=C(CCNCc1ncc[nH]1)NCc1ccccc1. The molecule has 100 valence electrons. The first-order valence-electron chi connectivity index (χ1n) is 6.34. The number of aromatic nitrogens is 2. The number of nitrogens with zero attached hydrogens (tertiary/aromatic N) is 1. The first-order chi connectivity index (χ1) is 9.34. The van der Waals surface area contributed by atoms with E-state index in [1.807, 2.05) is 30.3 Å². The van der Waals surface area contributed by atoms with Crippen molar-refractivity contribution >= 4 is 5.91 Å². The molecule has 0 unspecified atom stereocenters. The van der Waals surface area contributed by atoms with E-state index in [4.69, 9.17) is 0 Å². The number of hydrogen-bond acceptors (Lipinski definition) is 3. The highest BCUT2D eigenvalue weighted by Gasteiger charge is 2.01. The molecule has 2 aromatic rings. The van der Waals surface area contributed by atoms with Gasteiger partial charge in [0, 0.05) is 31.9 Å². The van der Waals surface area contributed by atoms with Crippen molar-refractivity contribution in [1.29, 1.82) is 0 Å². The number of hydrogen-bond donors (Lipinski definition) is 3. The molecular formula is C14H18N4O. The third kappa shape index (κ3) is 4.93. The molecule has 1 amide bonds. The highest BCUT2D eigenvalue weighted by Crippen LogP contribution is 1.97. The summed E-state index contributed by atoms with van der Waals surface area (Å²) in [5.41, 5.74) is 1.11. The Bertz CT molecular complexity index is 481. The van der Waals surface area contributed by atoms with Crippen LogP contribution in [0.5, 0.6) is 0 Å². The minimum Gasteiger partial charge on any atom is -0.352 e. The molecule has 1 heterocycles. The van der Waals surface area contributed by atoms with Crippen LogP contribution in [0.25, 0.3) is 0 Å². The van der Waals surface area contributed by atoms with E-state index in [1.165, 1.54) is 0 Å². The predicted octanol–water partition coefficient (Wildman–Crippen LogP) is 1.21. The van der Waals surface area contributed by atoms with Crippen LogP contribution in [0.15, 0.2) is 42.7 Å². The standard InChI is InChI=1S/C14H18N4O/c19-14(18-10-12-4-2-1-3-5-12)6-7-15-11-13-16-8-9-17-13/h1-5,8-9,15H,6-7,10-11H2,(H,16,17)(H,18,19). The zero-order chi connectivity index (χ0) is 13.3. The summed E-state index contributed by atoms with van der Waals surface area (Å²) in [4.78, 5) is 18.7. The maximum Gasteiger partial charge on any atom is 0.221 e. The van der Waals surface area contributed by atoms with E-state index in [2.05, 4.69) is 20.6 Å². The van der Waals surface area contributed by atoms with Gasteiger partial charge in [0.1, 0.15) is 5.82 Å². The number of rotatable bonds is 7. The van der Waals surface area contributed by atoms with Crippen LogP contribution >= 0.6 is 0 Å². The molecule has 0 saturated carbocycles. The number of aromatic amines is 1. The Morgan fingerprint density at radius 3 is 2.79 bits per heavy atom. The summed E-state index contributed by atoms with van der Waals surface area (Å²) in [6.07, 6.45) is 3.96. The second-order valence-corrected chi connectivity index (χ2v) is 4.22. The summed E-state index contributed by atoms with van der Waals surface area (Å²) in [7, 11) is 0. The molecule has 3 N–H and O–H groups in total. The number of carbonyl (C=O) groups excluding carboxylic acids is 1. The van der Waals surface area contributed by atoms with Crippen LogP contribution in [0, 0.1) is 0 Å². The van der Waals surface area contributed by atoms with Gasteiger partial charge < -0.3 is 15.6 Å². The summed E-state index contributed by atoms with van der Waals surface area (Å²) >= 11 is 0. The lowest BCUT2D eigenvalue weighted by Gasteiger charge is -2.06. The average Bonchev–Trinajstić information content (AvgIpc) is 2.96. The molecule has 0 bridgehead atoms. The fourth-order valence-corrected chi connectivity index (χ4v) is 1.69. The molecule has 0 aliphatic carbocycles. The highest BCUT2D eigenvalue weighted by molar-refractivity contribution is 5.76. The van der Waals surface area contributed by atoms with Crippen LogP contribution in [0.1, 0.15) is 17.8 Å². The lowest BCUT2D eigenvalue weighted by atomic mass is 10.2. The Labute approximate surface area is 112 Å². The van der Waals surface area contributed by atoms with E-state index in [1.54, 1.807) is 12.4 Å². The number of nitrogens with one attached hydrogen (secondary N) is 3. The lowest BCUT2D eigenvalue weighted by molar-refractivity contribution is -0.121. The lowest BCUT2D eigenvalue weighted by Crippen LogP contribution is -2.27. The minimum absolute atomic E-state index is 0.0517. The Morgan fingerprint density at radius 2 is 2.05 bits per heavy atom. The van der Waals surface area contributed by atoms with Gasteiger partial charge in [0.05, 0.1) is 6.54 Å². The third-order valence-electron chi connectivity index (χ3n) is 2.71. The summed E-state index contributed by atoms with van der Waals surface area (Å²) < 4.78 is 0. The van der Waals surface area contributed by atoms with E-state index in [-0.39, 0.29) is 5.91 Å². The van der Waals surface area contributed by atoms with Crippen LogP contribution in [0.3, 0.4) is 0 Å². The zero-order valence-corrected chi connectivity index (χ0v) is 10.7. The molecule has 0 radical (unpaired) electrons. The molecule has 0 spiro atoms. The highest BCUT2D eigenvalue weighted by atomic mass is 16.1. The van der Waals surface area contributed by atoms with Crippen molar-refractivity contribution in [3.8, 4) is 0 Å².